The van der Waals surface area contributed by atoms with Crippen LogP contribution in [-0.2, 0) is 9.59 Å². The van der Waals surface area contributed by atoms with Crippen LogP contribution >= 0.6 is 0 Å². The number of fused-ring (bicyclic) bond motifs is 4. The van der Waals surface area contributed by atoms with Crippen LogP contribution in [0, 0.1) is 34.5 Å². The molecule has 2 fully saturated rings. The number of aliphatic carboxylic acids is 2. The van der Waals surface area contributed by atoms with Crippen LogP contribution in [-0.4, -0.2) is 22.2 Å². The molecule has 0 aromatic carbocycles. The number of carboxylic acid groups (broad SMARTS) is 2. The van der Waals surface area contributed by atoms with Gasteiger partial charge in [0.25, 0.3) is 0 Å². The van der Waals surface area contributed by atoms with Crippen molar-refractivity contribution in [1.82, 2.24) is 0 Å². The Hall–Kier alpha value is -1.58. The molecule has 6 atom stereocenters. The maximum Gasteiger partial charge on any atom is 0.310 e. The maximum atomic E-state index is 12.0. The highest BCUT2D eigenvalue weighted by Crippen LogP contribution is 2.59. The Morgan fingerprint density at radius 2 is 1.23 bits per heavy atom. The summed E-state index contributed by atoms with van der Waals surface area (Å²) in [5, 5.41) is 19.6. The average Bonchev–Trinajstić information content (AvgIpc) is 3.23. The third-order valence-electron chi connectivity index (χ3n) is 6.89. The van der Waals surface area contributed by atoms with Gasteiger partial charge in [-0.3, -0.25) is 9.59 Å². The highest BCUT2D eigenvalue weighted by molar-refractivity contribution is 5.78. The van der Waals surface area contributed by atoms with Crippen molar-refractivity contribution in [3.63, 3.8) is 0 Å². The van der Waals surface area contributed by atoms with Crippen molar-refractivity contribution in [2.45, 2.75) is 38.5 Å². The van der Waals surface area contributed by atoms with Gasteiger partial charge in [0.2, 0.25) is 0 Å². The first kappa shape index (κ1) is 14.0. The van der Waals surface area contributed by atoms with Crippen LogP contribution in [0.3, 0.4) is 0 Å². The first-order chi connectivity index (χ1) is 10.5. The zero-order valence-electron chi connectivity index (χ0n) is 12.6. The van der Waals surface area contributed by atoms with E-state index in [1.807, 2.05) is 0 Å². The molecule has 0 aliphatic heterocycles. The number of rotatable bonds is 5. The lowest BCUT2D eigenvalue weighted by atomic mass is 9.65. The van der Waals surface area contributed by atoms with E-state index in [1.165, 1.54) is 0 Å². The Kier molecular flexibility index (Phi) is 2.85. The fraction of sp³-hybridized carbons (Fsp3) is 0.667. The normalized spacial score (nSPS) is 47.5. The number of carbonyl (C=O) groups is 2. The highest BCUT2D eigenvalue weighted by Gasteiger charge is 2.58. The minimum atomic E-state index is -0.733. The molecule has 0 saturated heterocycles. The molecule has 4 heteroatoms. The van der Waals surface area contributed by atoms with Gasteiger partial charge in [0, 0.05) is 0 Å². The standard InChI is InChI=1S/C18H22O4/c19-15(20)17(9-11-1-3-13(17)7-11)5-6-18(16(21)22)10-12-2-4-14(18)8-12/h1-4,11-14H,5-10H2,(H,19,20)(H,21,22). The summed E-state index contributed by atoms with van der Waals surface area (Å²) in [5.41, 5.74) is -1.46. The minimum absolute atomic E-state index is 0.0926. The Bertz CT molecular complexity index is 540. The van der Waals surface area contributed by atoms with Gasteiger partial charge in [0.15, 0.2) is 0 Å². The molecule has 6 unspecified atom stereocenters. The first-order valence-corrected chi connectivity index (χ1v) is 8.30. The van der Waals surface area contributed by atoms with E-state index in [9.17, 15) is 19.8 Å². The lowest BCUT2D eigenvalue weighted by Crippen LogP contribution is -2.40. The average molecular weight is 302 g/mol. The lowest BCUT2D eigenvalue weighted by molar-refractivity contribution is -0.156. The van der Waals surface area contributed by atoms with E-state index in [4.69, 9.17) is 0 Å². The summed E-state index contributed by atoms with van der Waals surface area (Å²) in [4.78, 5) is 23.9. The molecular weight excluding hydrogens is 280 g/mol. The van der Waals surface area contributed by atoms with Gasteiger partial charge in [-0.2, -0.15) is 0 Å². The van der Waals surface area contributed by atoms with Crippen LogP contribution < -0.4 is 0 Å². The summed E-state index contributed by atoms with van der Waals surface area (Å²) >= 11 is 0. The van der Waals surface area contributed by atoms with Gasteiger partial charge in [-0.05, 0) is 62.2 Å². The van der Waals surface area contributed by atoms with E-state index in [0.29, 0.717) is 37.5 Å². The molecule has 4 aliphatic rings. The molecule has 2 saturated carbocycles. The van der Waals surface area contributed by atoms with Gasteiger partial charge in [0.1, 0.15) is 0 Å². The van der Waals surface area contributed by atoms with E-state index in [2.05, 4.69) is 24.3 Å². The summed E-state index contributed by atoms with van der Waals surface area (Å²) in [5.74, 6) is -0.527. The molecular formula is C18H22O4. The quantitative estimate of drug-likeness (QED) is 0.765. The van der Waals surface area contributed by atoms with Crippen molar-refractivity contribution in [2.75, 3.05) is 0 Å². The zero-order valence-corrected chi connectivity index (χ0v) is 12.6. The largest absolute Gasteiger partial charge is 0.481 e. The number of hydrogen-bond acceptors (Lipinski definition) is 2. The molecule has 0 spiro atoms. The molecule has 2 N–H and O–H groups in total. The van der Waals surface area contributed by atoms with Gasteiger partial charge in [-0.1, -0.05) is 24.3 Å². The molecule has 0 amide bonds. The topological polar surface area (TPSA) is 74.6 Å². The van der Waals surface area contributed by atoms with Gasteiger partial charge < -0.3 is 10.2 Å². The van der Waals surface area contributed by atoms with Crippen molar-refractivity contribution in [3.8, 4) is 0 Å². The molecule has 0 aromatic rings. The molecule has 22 heavy (non-hydrogen) atoms. The van der Waals surface area contributed by atoms with Crippen LogP contribution in [0.25, 0.3) is 0 Å². The maximum absolute atomic E-state index is 12.0. The molecule has 4 bridgehead atoms. The van der Waals surface area contributed by atoms with Crippen LogP contribution in [0.1, 0.15) is 38.5 Å². The van der Waals surface area contributed by atoms with E-state index >= 15 is 0 Å². The molecule has 4 aliphatic carbocycles. The van der Waals surface area contributed by atoms with Crippen LogP contribution in [0.4, 0.5) is 0 Å². The smallest absolute Gasteiger partial charge is 0.310 e. The van der Waals surface area contributed by atoms with Gasteiger partial charge in [0.05, 0.1) is 10.8 Å². The highest BCUT2D eigenvalue weighted by atomic mass is 16.4. The Morgan fingerprint density at radius 1 is 0.818 bits per heavy atom. The number of carboxylic acids is 2. The van der Waals surface area contributed by atoms with Crippen LogP contribution in [0.15, 0.2) is 24.3 Å². The third kappa shape index (κ3) is 1.70. The second-order valence-corrected chi connectivity index (χ2v) is 7.81. The summed E-state index contributed by atoms with van der Waals surface area (Å²) in [6.45, 7) is 0. The van der Waals surface area contributed by atoms with E-state index in [0.717, 1.165) is 12.8 Å². The first-order valence-electron chi connectivity index (χ1n) is 8.30. The Labute approximate surface area is 129 Å². The fourth-order valence-corrected chi connectivity index (χ4v) is 5.64. The summed E-state index contributed by atoms with van der Waals surface area (Å²) in [6.07, 6.45) is 12.6. The van der Waals surface area contributed by atoms with Crippen molar-refractivity contribution in [2.24, 2.45) is 34.5 Å². The molecule has 4 rings (SSSR count). The second-order valence-electron chi connectivity index (χ2n) is 7.81. The number of allylic oxidation sites excluding steroid dienone is 4. The predicted molar refractivity (Wildman–Crippen MR) is 80.1 cm³/mol. The van der Waals surface area contributed by atoms with E-state index in [-0.39, 0.29) is 11.8 Å². The van der Waals surface area contributed by atoms with E-state index in [1.54, 1.807) is 0 Å². The number of hydrogen-bond donors (Lipinski definition) is 2. The molecule has 118 valence electrons. The van der Waals surface area contributed by atoms with Crippen molar-refractivity contribution < 1.29 is 19.8 Å². The van der Waals surface area contributed by atoms with E-state index < -0.39 is 22.8 Å². The van der Waals surface area contributed by atoms with Gasteiger partial charge in [-0.15, -0.1) is 0 Å². The minimum Gasteiger partial charge on any atom is -0.481 e. The van der Waals surface area contributed by atoms with Crippen LogP contribution in [0.5, 0.6) is 0 Å². The van der Waals surface area contributed by atoms with Crippen LogP contribution in [0.2, 0.25) is 0 Å². The lowest BCUT2D eigenvalue weighted by Gasteiger charge is -2.37. The van der Waals surface area contributed by atoms with Gasteiger partial charge in [-0.25, -0.2) is 0 Å². The fourth-order valence-electron chi connectivity index (χ4n) is 5.64. The van der Waals surface area contributed by atoms with Crippen molar-refractivity contribution >= 4 is 11.9 Å². The molecule has 4 nitrogen and oxygen atoms in total. The summed E-state index contributed by atoms with van der Waals surface area (Å²) in [7, 11) is 0. The molecule has 0 aromatic heterocycles. The third-order valence-corrected chi connectivity index (χ3v) is 6.89. The van der Waals surface area contributed by atoms with Crippen molar-refractivity contribution in [3.05, 3.63) is 24.3 Å². The SMILES string of the molecule is O=C(O)C1(CCC2(C(=O)O)CC3C=CC2C3)CC2C=CC1C2. The van der Waals surface area contributed by atoms with Gasteiger partial charge >= 0.3 is 11.9 Å². The molecule has 0 radical (unpaired) electrons. The predicted octanol–water partition coefficient (Wildman–Crippen LogP) is 3.10. The monoisotopic (exact) mass is 302 g/mol. The Morgan fingerprint density at radius 3 is 1.45 bits per heavy atom. The molecule has 0 heterocycles. The second kappa shape index (κ2) is 4.46. The van der Waals surface area contributed by atoms with Crippen molar-refractivity contribution in [1.29, 1.82) is 0 Å². The zero-order chi connectivity index (χ0) is 15.5. The Balaban J connectivity index is 1.58. The summed E-state index contributed by atoms with van der Waals surface area (Å²) < 4.78 is 0. The summed E-state index contributed by atoms with van der Waals surface area (Å²) in [6, 6.07) is 0.